The molecule has 0 aromatic carbocycles. The van der Waals surface area contributed by atoms with Gasteiger partial charge in [0, 0.05) is 0 Å². The van der Waals surface area contributed by atoms with E-state index < -0.39 is 0 Å². The van der Waals surface area contributed by atoms with Crippen LogP contribution in [0.5, 0.6) is 0 Å². The van der Waals surface area contributed by atoms with Gasteiger partial charge in [0.2, 0.25) is 0 Å². The van der Waals surface area contributed by atoms with E-state index in [0.29, 0.717) is 5.92 Å². The van der Waals surface area contributed by atoms with E-state index in [2.05, 4.69) is 49.2 Å². The van der Waals surface area contributed by atoms with Crippen LogP contribution >= 0.6 is 12.2 Å². The Balaban J connectivity index is 2.69. The standard InChI is InChI=1S/C11H17NS/c1-9-4-6-10(7-5-9)11(2,3)12-8-13/h4,10H,5-7H2,1-3H3/t10-/m0/s1. The van der Waals surface area contributed by atoms with E-state index in [-0.39, 0.29) is 5.54 Å². The largest absolute Gasteiger partial charge is 0.226 e. The number of thiocarbonyl (C=S) groups is 1. The van der Waals surface area contributed by atoms with Gasteiger partial charge in [0.25, 0.3) is 0 Å². The summed E-state index contributed by atoms with van der Waals surface area (Å²) in [6.45, 7) is 6.49. The summed E-state index contributed by atoms with van der Waals surface area (Å²) in [5.41, 5.74) is 1.48. The summed E-state index contributed by atoms with van der Waals surface area (Å²) in [6, 6.07) is 0. The van der Waals surface area contributed by atoms with Crippen LogP contribution in [0.25, 0.3) is 0 Å². The molecule has 1 aliphatic rings. The van der Waals surface area contributed by atoms with Gasteiger partial charge in [0.05, 0.1) is 10.7 Å². The highest BCUT2D eigenvalue weighted by molar-refractivity contribution is 7.78. The summed E-state index contributed by atoms with van der Waals surface area (Å²) in [5.74, 6) is 0.631. The van der Waals surface area contributed by atoms with Crippen LogP contribution in [-0.2, 0) is 0 Å². The average Bonchev–Trinajstić information content (AvgIpc) is 2.05. The van der Waals surface area contributed by atoms with Gasteiger partial charge in [-0.25, -0.2) is 4.99 Å². The van der Waals surface area contributed by atoms with Crippen LogP contribution in [-0.4, -0.2) is 10.7 Å². The molecule has 1 atom stereocenters. The molecule has 0 saturated carbocycles. The van der Waals surface area contributed by atoms with Crippen molar-refractivity contribution >= 4 is 17.4 Å². The second-order valence-corrected chi connectivity index (χ2v) is 4.56. The molecule has 72 valence electrons. The molecule has 0 fully saturated rings. The number of isothiocyanates is 1. The zero-order chi connectivity index (χ0) is 9.90. The third-order valence-corrected chi connectivity index (χ3v) is 3.06. The molecule has 1 aliphatic carbocycles. The van der Waals surface area contributed by atoms with Gasteiger partial charge in [-0.15, -0.1) is 0 Å². The molecule has 1 nitrogen and oxygen atoms in total. The van der Waals surface area contributed by atoms with Crippen molar-refractivity contribution in [1.29, 1.82) is 0 Å². The molecule has 0 saturated heterocycles. The normalized spacial score (nSPS) is 23.3. The molecule has 0 unspecified atom stereocenters. The van der Waals surface area contributed by atoms with E-state index in [9.17, 15) is 0 Å². The molecule has 0 N–H and O–H groups in total. The third kappa shape index (κ3) is 2.75. The molecule has 13 heavy (non-hydrogen) atoms. The maximum absolute atomic E-state index is 4.66. The topological polar surface area (TPSA) is 12.4 Å². The first kappa shape index (κ1) is 10.6. The van der Waals surface area contributed by atoms with Crippen molar-refractivity contribution in [2.45, 2.75) is 45.6 Å². The molecule has 0 aliphatic heterocycles. The fraction of sp³-hybridized carbons (Fsp3) is 0.727. The van der Waals surface area contributed by atoms with Crippen LogP contribution in [0.15, 0.2) is 16.6 Å². The van der Waals surface area contributed by atoms with Crippen molar-refractivity contribution in [3.05, 3.63) is 11.6 Å². The quantitative estimate of drug-likeness (QED) is 0.372. The number of nitrogens with zero attached hydrogens (tertiary/aromatic N) is 1. The maximum Gasteiger partial charge on any atom is 0.0686 e. The third-order valence-electron chi connectivity index (χ3n) is 2.97. The molecule has 0 radical (unpaired) electrons. The number of aliphatic imine (C=N–C) groups is 1. The van der Waals surface area contributed by atoms with E-state index in [1.54, 1.807) is 0 Å². The first-order chi connectivity index (χ1) is 6.06. The number of rotatable bonds is 2. The van der Waals surface area contributed by atoms with Gasteiger partial charge in [0.15, 0.2) is 0 Å². The van der Waals surface area contributed by atoms with Crippen molar-refractivity contribution in [3.8, 4) is 0 Å². The summed E-state index contributed by atoms with van der Waals surface area (Å²) in [6.07, 6.45) is 5.91. The van der Waals surface area contributed by atoms with Gasteiger partial charge in [-0.3, -0.25) is 0 Å². The Bertz CT molecular complexity index is 259. The molecule has 0 spiro atoms. The number of hydrogen-bond donors (Lipinski definition) is 0. The average molecular weight is 195 g/mol. The Morgan fingerprint density at radius 3 is 2.77 bits per heavy atom. The molecule has 0 bridgehead atoms. The maximum atomic E-state index is 4.66. The lowest BCUT2D eigenvalue weighted by Gasteiger charge is -2.31. The minimum absolute atomic E-state index is 0.0288. The van der Waals surface area contributed by atoms with E-state index in [1.807, 2.05) is 0 Å². The molecule has 0 aromatic rings. The van der Waals surface area contributed by atoms with Crippen LogP contribution in [0.3, 0.4) is 0 Å². The molecule has 0 aromatic heterocycles. The summed E-state index contributed by atoms with van der Waals surface area (Å²) < 4.78 is 0. The Hall–Kier alpha value is -0.460. The summed E-state index contributed by atoms with van der Waals surface area (Å²) in [4.78, 5) is 4.24. The highest BCUT2D eigenvalue weighted by Gasteiger charge is 2.29. The first-order valence-electron chi connectivity index (χ1n) is 4.81. The molecule has 0 heterocycles. The molecular weight excluding hydrogens is 178 g/mol. The minimum atomic E-state index is -0.0288. The second kappa shape index (κ2) is 4.17. The van der Waals surface area contributed by atoms with Gasteiger partial charge < -0.3 is 0 Å². The van der Waals surface area contributed by atoms with Crippen molar-refractivity contribution in [2.75, 3.05) is 0 Å². The molecular formula is C11H17NS. The molecule has 2 heteroatoms. The zero-order valence-corrected chi connectivity index (χ0v) is 9.45. The summed E-state index contributed by atoms with van der Waals surface area (Å²) in [5, 5.41) is 2.50. The van der Waals surface area contributed by atoms with Crippen LogP contribution in [0.2, 0.25) is 0 Å². The van der Waals surface area contributed by atoms with Crippen LogP contribution in [0.4, 0.5) is 0 Å². The Morgan fingerprint density at radius 2 is 2.31 bits per heavy atom. The Labute approximate surface area is 85.9 Å². The lowest BCUT2D eigenvalue weighted by atomic mass is 9.78. The summed E-state index contributed by atoms with van der Waals surface area (Å²) >= 11 is 4.66. The SMILES string of the molecule is CC1=CC[C@H](C(C)(C)N=C=S)CC1. The fourth-order valence-electron chi connectivity index (χ4n) is 1.82. The van der Waals surface area contributed by atoms with Crippen LogP contribution in [0.1, 0.15) is 40.0 Å². The van der Waals surface area contributed by atoms with E-state index in [0.717, 1.165) is 6.42 Å². The zero-order valence-electron chi connectivity index (χ0n) is 8.63. The molecule has 0 amide bonds. The number of hydrogen-bond acceptors (Lipinski definition) is 2. The highest BCUT2D eigenvalue weighted by atomic mass is 32.1. The Kier molecular flexibility index (Phi) is 3.40. The van der Waals surface area contributed by atoms with Gasteiger partial charge in [-0.2, -0.15) is 0 Å². The predicted octanol–water partition coefficient (Wildman–Crippen LogP) is 3.61. The molecule has 1 rings (SSSR count). The van der Waals surface area contributed by atoms with Crippen molar-refractivity contribution in [1.82, 2.24) is 0 Å². The van der Waals surface area contributed by atoms with E-state index >= 15 is 0 Å². The first-order valence-corrected chi connectivity index (χ1v) is 5.22. The lowest BCUT2D eigenvalue weighted by Crippen LogP contribution is -2.29. The Morgan fingerprint density at radius 1 is 1.62 bits per heavy atom. The van der Waals surface area contributed by atoms with E-state index in [4.69, 9.17) is 0 Å². The van der Waals surface area contributed by atoms with Gasteiger partial charge in [-0.1, -0.05) is 11.6 Å². The lowest BCUT2D eigenvalue weighted by molar-refractivity contribution is 0.298. The van der Waals surface area contributed by atoms with Gasteiger partial charge >= 0.3 is 0 Å². The van der Waals surface area contributed by atoms with Gasteiger partial charge in [0.1, 0.15) is 0 Å². The predicted molar refractivity (Wildman–Crippen MR) is 60.2 cm³/mol. The minimum Gasteiger partial charge on any atom is -0.226 e. The smallest absolute Gasteiger partial charge is 0.0686 e. The fourth-order valence-corrected chi connectivity index (χ4v) is 2.05. The van der Waals surface area contributed by atoms with Crippen LogP contribution in [0, 0.1) is 5.92 Å². The van der Waals surface area contributed by atoms with Crippen LogP contribution < -0.4 is 0 Å². The van der Waals surface area contributed by atoms with Crippen molar-refractivity contribution < 1.29 is 0 Å². The van der Waals surface area contributed by atoms with E-state index in [1.165, 1.54) is 18.4 Å². The summed E-state index contributed by atoms with van der Waals surface area (Å²) in [7, 11) is 0. The van der Waals surface area contributed by atoms with Gasteiger partial charge in [-0.05, 0) is 58.2 Å². The highest BCUT2D eigenvalue weighted by Crippen LogP contribution is 2.33. The van der Waals surface area contributed by atoms with Crippen molar-refractivity contribution in [3.63, 3.8) is 0 Å². The monoisotopic (exact) mass is 195 g/mol. The number of allylic oxidation sites excluding steroid dienone is 2. The second-order valence-electron chi connectivity index (χ2n) is 4.38. The van der Waals surface area contributed by atoms with Crippen molar-refractivity contribution in [2.24, 2.45) is 10.9 Å².